The zero-order valence-electron chi connectivity index (χ0n) is 14.5. The maximum Gasteiger partial charge on any atom is 0.332 e. The molecule has 2 N–H and O–H groups in total. The Bertz CT molecular complexity index is 758. The SMILES string of the molecule is CC(C)NC(=O)N[C@@H]1CCN2C(=O)N(c3ccc(F)c(Cl)c3)C(=O)[C@@H]2C1. The van der Waals surface area contributed by atoms with Gasteiger partial charge in [-0.15, -0.1) is 0 Å². The first-order valence-electron chi connectivity index (χ1n) is 8.44. The standard InChI is InChI=1S/C17H20ClFN4O3/c1-9(2)20-16(25)21-10-5-6-22-14(7-10)15(24)23(17(22)26)11-3-4-13(19)12(18)8-11/h3-4,8-10,14H,5-7H2,1-2H3,(H2,20,21,25)/t10-,14+/m1/s1. The molecular weight excluding hydrogens is 363 g/mol. The molecule has 1 aromatic rings. The van der Waals surface area contributed by atoms with E-state index in [1.165, 1.54) is 17.0 Å². The number of urea groups is 2. The molecule has 2 saturated heterocycles. The molecule has 0 bridgehead atoms. The normalized spacial score (nSPS) is 22.7. The molecule has 3 rings (SSSR count). The molecule has 140 valence electrons. The van der Waals surface area contributed by atoms with Gasteiger partial charge in [0.05, 0.1) is 10.7 Å². The number of nitrogens with one attached hydrogen (secondary N) is 2. The summed E-state index contributed by atoms with van der Waals surface area (Å²) in [7, 11) is 0. The van der Waals surface area contributed by atoms with Gasteiger partial charge in [-0.2, -0.15) is 0 Å². The van der Waals surface area contributed by atoms with Gasteiger partial charge >= 0.3 is 12.1 Å². The van der Waals surface area contributed by atoms with Gasteiger partial charge in [0.25, 0.3) is 5.91 Å². The second-order valence-electron chi connectivity index (χ2n) is 6.76. The van der Waals surface area contributed by atoms with Gasteiger partial charge in [-0.3, -0.25) is 4.79 Å². The molecule has 0 saturated carbocycles. The van der Waals surface area contributed by atoms with Crippen molar-refractivity contribution in [2.24, 2.45) is 0 Å². The number of benzene rings is 1. The fourth-order valence-electron chi connectivity index (χ4n) is 3.28. The summed E-state index contributed by atoms with van der Waals surface area (Å²) >= 11 is 5.77. The average molecular weight is 383 g/mol. The molecule has 0 aromatic heterocycles. The first kappa shape index (κ1) is 18.4. The number of halogens is 2. The van der Waals surface area contributed by atoms with Gasteiger partial charge in [-0.1, -0.05) is 11.6 Å². The maximum absolute atomic E-state index is 13.4. The lowest BCUT2D eigenvalue weighted by Gasteiger charge is -2.32. The Morgan fingerprint density at radius 1 is 1.35 bits per heavy atom. The fourth-order valence-corrected chi connectivity index (χ4v) is 3.46. The summed E-state index contributed by atoms with van der Waals surface area (Å²) in [6.07, 6.45) is 0.889. The van der Waals surface area contributed by atoms with Crippen LogP contribution in [-0.2, 0) is 4.79 Å². The molecule has 5 amide bonds. The first-order chi connectivity index (χ1) is 12.3. The number of carbonyl (C=O) groups is 3. The molecule has 9 heteroatoms. The summed E-state index contributed by atoms with van der Waals surface area (Å²) in [5, 5.41) is 5.42. The average Bonchev–Trinajstić information content (AvgIpc) is 2.80. The summed E-state index contributed by atoms with van der Waals surface area (Å²) < 4.78 is 13.4. The summed E-state index contributed by atoms with van der Waals surface area (Å²) in [6, 6.07) is 2.13. The quantitative estimate of drug-likeness (QED) is 0.788. The lowest BCUT2D eigenvalue weighted by molar-refractivity contribution is -0.120. The highest BCUT2D eigenvalue weighted by Crippen LogP contribution is 2.32. The van der Waals surface area contributed by atoms with Crippen molar-refractivity contribution in [3.05, 3.63) is 29.0 Å². The van der Waals surface area contributed by atoms with E-state index in [-0.39, 0.29) is 28.8 Å². The van der Waals surface area contributed by atoms with E-state index >= 15 is 0 Å². The molecule has 7 nitrogen and oxygen atoms in total. The molecule has 2 aliphatic rings. The Morgan fingerprint density at radius 2 is 2.08 bits per heavy atom. The van der Waals surface area contributed by atoms with Crippen LogP contribution in [0.1, 0.15) is 26.7 Å². The Kier molecular flexibility index (Phi) is 5.04. The van der Waals surface area contributed by atoms with Crippen molar-refractivity contribution in [3.63, 3.8) is 0 Å². The fraction of sp³-hybridized carbons (Fsp3) is 0.471. The number of imide groups is 1. The van der Waals surface area contributed by atoms with Crippen LogP contribution in [0.25, 0.3) is 0 Å². The molecule has 1 aromatic carbocycles. The van der Waals surface area contributed by atoms with Crippen molar-refractivity contribution >= 4 is 35.3 Å². The van der Waals surface area contributed by atoms with Gasteiger partial charge < -0.3 is 15.5 Å². The summed E-state index contributed by atoms with van der Waals surface area (Å²) in [5.74, 6) is -1.01. The van der Waals surface area contributed by atoms with Gasteiger partial charge in [-0.25, -0.2) is 18.9 Å². The minimum absolute atomic E-state index is 0.00324. The minimum atomic E-state index is -0.649. The molecule has 0 radical (unpaired) electrons. The van der Waals surface area contributed by atoms with E-state index < -0.39 is 23.8 Å². The number of carbonyl (C=O) groups excluding carboxylic acids is 3. The predicted octanol–water partition coefficient (Wildman–Crippen LogP) is 2.49. The number of hydrogen-bond acceptors (Lipinski definition) is 3. The van der Waals surface area contributed by atoms with Gasteiger partial charge in [0.1, 0.15) is 11.9 Å². The van der Waals surface area contributed by atoms with E-state index in [0.29, 0.717) is 19.4 Å². The number of nitrogens with zero attached hydrogens (tertiary/aromatic N) is 2. The number of rotatable bonds is 3. The maximum atomic E-state index is 13.4. The number of anilines is 1. The number of fused-ring (bicyclic) bond motifs is 1. The second-order valence-corrected chi connectivity index (χ2v) is 7.16. The van der Waals surface area contributed by atoms with Crippen molar-refractivity contribution in [2.45, 2.75) is 44.8 Å². The van der Waals surface area contributed by atoms with Gasteiger partial charge in [-0.05, 0) is 44.9 Å². The van der Waals surface area contributed by atoms with Crippen molar-refractivity contribution in [2.75, 3.05) is 11.4 Å². The van der Waals surface area contributed by atoms with Crippen molar-refractivity contribution < 1.29 is 18.8 Å². The summed E-state index contributed by atoms with van der Waals surface area (Å²) in [5.41, 5.74) is 0.239. The van der Waals surface area contributed by atoms with E-state index in [9.17, 15) is 18.8 Å². The number of hydrogen-bond donors (Lipinski definition) is 2. The predicted molar refractivity (Wildman–Crippen MR) is 94.6 cm³/mol. The largest absolute Gasteiger partial charge is 0.336 e. The highest BCUT2D eigenvalue weighted by Gasteiger charge is 2.48. The monoisotopic (exact) mass is 382 g/mol. The molecule has 26 heavy (non-hydrogen) atoms. The summed E-state index contributed by atoms with van der Waals surface area (Å²) in [6.45, 7) is 4.06. The first-order valence-corrected chi connectivity index (χ1v) is 8.82. The van der Waals surface area contributed by atoms with Gasteiger partial charge in [0, 0.05) is 18.6 Å². The molecule has 2 atom stereocenters. The Hall–Kier alpha value is -2.35. The third kappa shape index (κ3) is 3.46. The third-order valence-electron chi connectivity index (χ3n) is 4.46. The Balaban J connectivity index is 1.74. The van der Waals surface area contributed by atoms with Crippen LogP contribution in [0.5, 0.6) is 0 Å². The van der Waals surface area contributed by atoms with Crippen molar-refractivity contribution in [1.29, 1.82) is 0 Å². The topological polar surface area (TPSA) is 81.8 Å². The second kappa shape index (κ2) is 7.11. The lowest BCUT2D eigenvalue weighted by Crippen LogP contribution is -2.52. The van der Waals surface area contributed by atoms with Crippen LogP contribution < -0.4 is 15.5 Å². The van der Waals surface area contributed by atoms with E-state index in [1.54, 1.807) is 0 Å². The van der Waals surface area contributed by atoms with Crippen LogP contribution in [0.4, 0.5) is 19.7 Å². The zero-order chi connectivity index (χ0) is 19.0. The highest BCUT2D eigenvalue weighted by molar-refractivity contribution is 6.31. The molecule has 2 aliphatic heterocycles. The lowest BCUT2D eigenvalue weighted by atomic mass is 9.98. The number of piperidine rings is 1. The molecule has 0 spiro atoms. The molecule has 0 aliphatic carbocycles. The van der Waals surface area contributed by atoms with E-state index in [1.807, 2.05) is 13.8 Å². The minimum Gasteiger partial charge on any atom is -0.336 e. The van der Waals surface area contributed by atoms with Crippen LogP contribution in [0.2, 0.25) is 5.02 Å². The van der Waals surface area contributed by atoms with E-state index in [4.69, 9.17) is 11.6 Å². The smallest absolute Gasteiger partial charge is 0.332 e. The van der Waals surface area contributed by atoms with Crippen molar-refractivity contribution in [1.82, 2.24) is 15.5 Å². The Labute approximate surface area is 155 Å². The zero-order valence-corrected chi connectivity index (χ0v) is 15.2. The molecule has 2 fully saturated rings. The van der Waals surface area contributed by atoms with E-state index in [0.717, 1.165) is 11.0 Å². The van der Waals surface area contributed by atoms with Gasteiger partial charge in [0.2, 0.25) is 0 Å². The van der Waals surface area contributed by atoms with Gasteiger partial charge in [0.15, 0.2) is 0 Å². The molecule has 0 unspecified atom stereocenters. The Morgan fingerprint density at radius 3 is 2.73 bits per heavy atom. The highest BCUT2D eigenvalue weighted by atomic mass is 35.5. The molecular formula is C17H20ClFN4O3. The third-order valence-corrected chi connectivity index (χ3v) is 4.75. The van der Waals surface area contributed by atoms with Crippen LogP contribution in [0, 0.1) is 5.82 Å². The van der Waals surface area contributed by atoms with Crippen molar-refractivity contribution in [3.8, 4) is 0 Å². The molecule has 2 heterocycles. The van der Waals surface area contributed by atoms with Crippen LogP contribution in [0.3, 0.4) is 0 Å². The van der Waals surface area contributed by atoms with Crippen LogP contribution >= 0.6 is 11.6 Å². The number of amides is 5. The summed E-state index contributed by atoms with van der Waals surface area (Å²) in [4.78, 5) is 39.7. The van der Waals surface area contributed by atoms with E-state index in [2.05, 4.69) is 10.6 Å². The van der Waals surface area contributed by atoms with Crippen LogP contribution in [-0.4, -0.2) is 47.5 Å². The van der Waals surface area contributed by atoms with Crippen LogP contribution in [0.15, 0.2) is 18.2 Å².